The fraction of sp³-hybridized carbons (Fsp3) is 0.375. The lowest BCUT2D eigenvalue weighted by atomic mass is 10.2. The summed E-state index contributed by atoms with van der Waals surface area (Å²) < 4.78 is 44.5. The fourth-order valence-corrected chi connectivity index (χ4v) is 1.07. The summed E-state index contributed by atoms with van der Waals surface area (Å²) in [6.07, 6.45) is -3.98. The minimum Gasteiger partial charge on any atom is -0.506 e. The van der Waals surface area contributed by atoms with Crippen LogP contribution in [-0.2, 0) is 6.54 Å². The van der Waals surface area contributed by atoms with E-state index in [-0.39, 0.29) is 12.1 Å². The van der Waals surface area contributed by atoms with Crippen LogP contribution in [0.2, 0.25) is 0 Å². The van der Waals surface area contributed by atoms with Gasteiger partial charge in [0.2, 0.25) is 0 Å². The molecule has 1 heterocycles. The minimum absolute atomic E-state index is 0.218. The summed E-state index contributed by atoms with van der Waals surface area (Å²) in [5, 5.41) is 9.26. The Morgan fingerprint density at radius 1 is 1.50 bits per heavy atom. The van der Waals surface area contributed by atoms with Crippen LogP contribution >= 0.6 is 0 Å². The zero-order valence-electron chi connectivity index (χ0n) is 8.21. The van der Waals surface area contributed by atoms with Crippen LogP contribution in [0.3, 0.4) is 0 Å². The van der Waals surface area contributed by atoms with Gasteiger partial charge in [-0.2, -0.15) is 0 Å². The molecule has 16 heavy (non-hydrogen) atoms. The molecule has 0 saturated heterocycles. The smallest absolute Gasteiger partial charge is 0.506 e. The van der Waals surface area contributed by atoms with Crippen molar-refractivity contribution >= 4 is 0 Å². The van der Waals surface area contributed by atoms with Gasteiger partial charge >= 0.3 is 6.36 Å². The Kier molecular flexibility index (Phi) is 3.43. The number of aromatic nitrogens is 1. The van der Waals surface area contributed by atoms with Gasteiger partial charge in [-0.3, -0.25) is 0 Å². The Bertz CT molecular complexity index is 382. The molecule has 0 spiro atoms. The summed E-state index contributed by atoms with van der Waals surface area (Å²) in [6.45, 7) is -0.337. The summed E-state index contributed by atoms with van der Waals surface area (Å²) in [5.74, 6) is -1.60. The lowest BCUT2D eigenvalue weighted by Gasteiger charge is -2.15. The van der Waals surface area contributed by atoms with E-state index in [1.165, 1.54) is 0 Å². The zero-order valence-corrected chi connectivity index (χ0v) is 8.21. The molecule has 0 aliphatic rings. The number of hydrogen-bond donors (Lipinski definition) is 2. The molecule has 8 heteroatoms. The van der Waals surface area contributed by atoms with Crippen molar-refractivity contribution in [3.8, 4) is 17.4 Å². The van der Waals surface area contributed by atoms with Crippen molar-refractivity contribution in [3.05, 3.63) is 11.8 Å². The second-order valence-electron chi connectivity index (χ2n) is 2.71. The number of halogens is 3. The first-order chi connectivity index (χ1) is 7.39. The number of ether oxygens (including phenoxy) is 2. The Hall–Kier alpha value is -1.70. The van der Waals surface area contributed by atoms with Gasteiger partial charge in [0.25, 0.3) is 5.88 Å². The predicted molar refractivity (Wildman–Crippen MR) is 47.0 cm³/mol. The number of rotatable bonds is 3. The van der Waals surface area contributed by atoms with Crippen LogP contribution < -0.4 is 15.2 Å². The maximum Gasteiger partial charge on any atom is 0.573 e. The van der Waals surface area contributed by atoms with Crippen LogP contribution in [-0.4, -0.2) is 23.6 Å². The van der Waals surface area contributed by atoms with Gasteiger partial charge in [-0.15, -0.1) is 13.2 Å². The quantitative estimate of drug-likeness (QED) is 0.826. The number of hydrogen-bond acceptors (Lipinski definition) is 5. The van der Waals surface area contributed by atoms with Crippen LogP contribution in [0.5, 0.6) is 17.4 Å². The average molecular weight is 238 g/mol. The molecule has 0 bridgehead atoms. The van der Waals surface area contributed by atoms with Gasteiger partial charge in [0.15, 0.2) is 5.75 Å². The highest BCUT2D eigenvalue weighted by molar-refractivity contribution is 5.48. The predicted octanol–water partition coefficient (Wildman–Crippen LogP) is 1.15. The van der Waals surface area contributed by atoms with Crippen molar-refractivity contribution in [2.45, 2.75) is 12.9 Å². The van der Waals surface area contributed by atoms with E-state index in [0.717, 1.165) is 13.3 Å². The maximum absolute atomic E-state index is 12.1. The molecule has 0 aromatic carbocycles. The molecule has 0 aliphatic carbocycles. The third kappa shape index (κ3) is 2.66. The monoisotopic (exact) mass is 238 g/mol. The normalized spacial score (nSPS) is 11.3. The van der Waals surface area contributed by atoms with E-state index < -0.39 is 23.7 Å². The fourth-order valence-electron chi connectivity index (χ4n) is 1.07. The molecule has 0 saturated carbocycles. The van der Waals surface area contributed by atoms with E-state index in [2.05, 4.69) is 14.5 Å². The van der Waals surface area contributed by atoms with Crippen LogP contribution in [0.4, 0.5) is 13.2 Å². The SMILES string of the molecule is COc1ncc(O)c(CN)c1OC(F)(F)F. The summed E-state index contributed by atoms with van der Waals surface area (Å²) in [4.78, 5) is 3.44. The molecule has 0 radical (unpaired) electrons. The van der Waals surface area contributed by atoms with E-state index in [9.17, 15) is 18.3 Å². The Labute approximate surface area is 88.6 Å². The standard InChI is InChI=1S/C8H9F3N2O3/c1-15-7-6(16-8(9,10)11)4(2-12)5(14)3-13-7/h3,14H,2,12H2,1H3. The molecule has 1 rings (SSSR count). The van der Waals surface area contributed by atoms with Gasteiger partial charge in [0.05, 0.1) is 18.9 Å². The average Bonchev–Trinajstić information content (AvgIpc) is 2.16. The van der Waals surface area contributed by atoms with Crippen LogP contribution in [0, 0.1) is 0 Å². The van der Waals surface area contributed by atoms with E-state index in [1.54, 1.807) is 0 Å². The molecule has 90 valence electrons. The summed E-state index contributed by atoms with van der Waals surface area (Å²) in [7, 11) is 1.13. The number of aromatic hydroxyl groups is 1. The van der Waals surface area contributed by atoms with Crippen molar-refractivity contribution < 1.29 is 27.8 Å². The van der Waals surface area contributed by atoms with Gasteiger partial charge < -0.3 is 20.3 Å². The molecule has 0 atom stereocenters. The van der Waals surface area contributed by atoms with Crippen LogP contribution in [0.25, 0.3) is 0 Å². The molecule has 5 nitrogen and oxygen atoms in total. The summed E-state index contributed by atoms with van der Waals surface area (Å²) in [6, 6.07) is 0. The van der Waals surface area contributed by atoms with Gasteiger partial charge in [-0.05, 0) is 0 Å². The van der Waals surface area contributed by atoms with E-state index in [4.69, 9.17) is 5.73 Å². The Morgan fingerprint density at radius 2 is 2.12 bits per heavy atom. The van der Waals surface area contributed by atoms with Gasteiger partial charge in [0, 0.05) is 6.54 Å². The summed E-state index contributed by atoms with van der Waals surface area (Å²) in [5.41, 5.74) is 4.98. The van der Waals surface area contributed by atoms with Crippen molar-refractivity contribution in [1.29, 1.82) is 0 Å². The van der Waals surface area contributed by atoms with Gasteiger partial charge in [-0.1, -0.05) is 0 Å². The first-order valence-electron chi connectivity index (χ1n) is 4.09. The maximum atomic E-state index is 12.1. The highest BCUT2D eigenvalue weighted by atomic mass is 19.4. The van der Waals surface area contributed by atoms with Gasteiger partial charge in [0.1, 0.15) is 5.75 Å². The highest BCUT2D eigenvalue weighted by Gasteiger charge is 2.34. The number of nitrogens with two attached hydrogens (primary N) is 1. The topological polar surface area (TPSA) is 77.6 Å². The second-order valence-corrected chi connectivity index (χ2v) is 2.71. The first kappa shape index (κ1) is 12.4. The molecular formula is C8H9F3N2O3. The van der Waals surface area contributed by atoms with E-state index >= 15 is 0 Å². The molecule has 1 aromatic rings. The van der Waals surface area contributed by atoms with Crippen molar-refractivity contribution in [2.75, 3.05) is 7.11 Å². The number of methoxy groups -OCH3 is 1. The Balaban J connectivity index is 3.25. The van der Waals surface area contributed by atoms with Crippen LogP contribution in [0.1, 0.15) is 5.56 Å². The zero-order chi connectivity index (χ0) is 12.3. The number of nitrogens with zero attached hydrogens (tertiary/aromatic N) is 1. The third-order valence-corrected chi connectivity index (χ3v) is 1.70. The minimum atomic E-state index is -4.91. The van der Waals surface area contributed by atoms with E-state index in [0.29, 0.717) is 0 Å². The molecule has 1 aromatic heterocycles. The first-order valence-corrected chi connectivity index (χ1v) is 4.09. The second kappa shape index (κ2) is 4.44. The number of alkyl halides is 3. The largest absolute Gasteiger partial charge is 0.573 e. The molecular weight excluding hydrogens is 229 g/mol. The molecule has 0 fully saturated rings. The van der Waals surface area contributed by atoms with Crippen LogP contribution in [0.15, 0.2) is 6.20 Å². The van der Waals surface area contributed by atoms with Crippen molar-refractivity contribution in [1.82, 2.24) is 4.98 Å². The third-order valence-electron chi connectivity index (χ3n) is 1.70. The van der Waals surface area contributed by atoms with Crippen molar-refractivity contribution in [3.63, 3.8) is 0 Å². The molecule has 0 aliphatic heterocycles. The van der Waals surface area contributed by atoms with E-state index in [1.807, 2.05) is 0 Å². The molecule has 0 unspecified atom stereocenters. The molecule has 0 amide bonds. The highest BCUT2D eigenvalue weighted by Crippen LogP contribution is 2.37. The number of pyridine rings is 1. The van der Waals surface area contributed by atoms with Gasteiger partial charge in [-0.25, -0.2) is 4.98 Å². The lowest BCUT2D eigenvalue weighted by molar-refractivity contribution is -0.275. The Morgan fingerprint density at radius 3 is 2.56 bits per heavy atom. The molecule has 3 N–H and O–H groups in total. The van der Waals surface area contributed by atoms with Crippen molar-refractivity contribution in [2.24, 2.45) is 5.73 Å². The lowest BCUT2D eigenvalue weighted by Crippen LogP contribution is -2.19. The summed E-state index contributed by atoms with van der Waals surface area (Å²) >= 11 is 0.